The van der Waals surface area contributed by atoms with Crippen LogP contribution in [-0.2, 0) is 16.6 Å². The van der Waals surface area contributed by atoms with Crippen LogP contribution in [0.1, 0.15) is 37.9 Å². The highest BCUT2D eigenvalue weighted by Crippen LogP contribution is 2.18. The van der Waals surface area contributed by atoms with Gasteiger partial charge < -0.3 is 15.4 Å². The Morgan fingerprint density at radius 1 is 1.03 bits per heavy atom. The second kappa shape index (κ2) is 11.0. The number of nitrogens with zero attached hydrogens (tertiary/aromatic N) is 1. The minimum absolute atomic E-state index is 0.0542. The first-order valence-corrected chi connectivity index (χ1v) is 11.5. The number of hydrogen-bond acceptors (Lipinski definition) is 4. The highest BCUT2D eigenvalue weighted by molar-refractivity contribution is 7.89. The maximum atomic E-state index is 11.8. The fraction of sp³-hybridized carbons (Fsp3) is 0.409. The van der Waals surface area contributed by atoms with Crippen LogP contribution in [0.2, 0.25) is 0 Å². The van der Waals surface area contributed by atoms with Crippen LogP contribution in [0.4, 0.5) is 0 Å². The summed E-state index contributed by atoms with van der Waals surface area (Å²) in [5.74, 6) is 2.02. The van der Waals surface area contributed by atoms with Crippen molar-refractivity contribution in [3.63, 3.8) is 0 Å². The number of nitrogens with one attached hydrogen (secondary N) is 3. The molecule has 0 aromatic heterocycles. The van der Waals surface area contributed by atoms with Gasteiger partial charge in [-0.25, -0.2) is 13.1 Å². The molecular formula is C22H32N4O3S. The summed E-state index contributed by atoms with van der Waals surface area (Å²) >= 11 is 0. The molecule has 0 fully saturated rings. The smallest absolute Gasteiger partial charge is 0.240 e. The molecule has 0 aliphatic rings. The average Bonchev–Trinajstić information content (AvgIpc) is 2.75. The van der Waals surface area contributed by atoms with Crippen molar-refractivity contribution in [2.24, 2.45) is 10.9 Å². The Bertz CT molecular complexity index is 924. The third-order valence-corrected chi connectivity index (χ3v) is 5.93. The topological polar surface area (TPSA) is 91.8 Å². The van der Waals surface area contributed by atoms with E-state index in [-0.39, 0.29) is 10.9 Å². The standard InChI is InChI=1S/C22H32N4O3S/c1-16(2)15-29-20-10-8-19(9-11-20)17(3)26-22(23-4)25-14-18-6-12-21(13-7-18)30(27,28)24-5/h6-13,16-17,24H,14-15H2,1-5H3,(H2,23,25,26). The summed E-state index contributed by atoms with van der Waals surface area (Å²) < 4.78 is 31.6. The SMILES string of the molecule is CN=C(NCc1ccc(S(=O)(=O)NC)cc1)NC(C)c1ccc(OCC(C)C)cc1. The summed E-state index contributed by atoms with van der Waals surface area (Å²) in [6.45, 7) is 7.53. The first kappa shape index (κ1) is 23.7. The Kier molecular flexibility index (Phi) is 8.68. The number of sulfonamides is 1. The number of ether oxygens (including phenoxy) is 1. The largest absolute Gasteiger partial charge is 0.493 e. The number of aliphatic imine (C=N–C) groups is 1. The summed E-state index contributed by atoms with van der Waals surface area (Å²) in [6.07, 6.45) is 0. The van der Waals surface area contributed by atoms with E-state index < -0.39 is 10.0 Å². The predicted octanol–water partition coefficient (Wildman–Crippen LogP) is 3.06. The van der Waals surface area contributed by atoms with Crippen LogP contribution >= 0.6 is 0 Å². The molecule has 0 saturated heterocycles. The minimum Gasteiger partial charge on any atom is -0.493 e. The van der Waals surface area contributed by atoms with Gasteiger partial charge in [-0.05, 0) is 55.3 Å². The fourth-order valence-electron chi connectivity index (χ4n) is 2.69. The first-order chi connectivity index (χ1) is 14.2. The highest BCUT2D eigenvalue weighted by atomic mass is 32.2. The van der Waals surface area contributed by atoms with E-state index in [2.05, 4.69) is 41.1 Å². The van der Waals surface area contributed by atoms with E-state index in [9.17, 15) is 8.42 Å². The van der Waals surface area contributed by atoms with Crippen molar-refractivity contribution in [2.75, 3.05) is 20.7 Å². The van der Waals surface area contributed by atoms with E-state index in [1.54, 1.807) is 31.3 Å². The minimum atomic E-state index is -3.42. The zero-order valence-electron chi connectivity index (χ0n) is 18.3. The third kappa shape index (κ3) is 7.03. The van der Waals surface area contributed by atoms with E-state index in [4.69, 9.17) is 4.74 Å². The van der Waals surface area contributed by atoms with Gasteiger partial charge in [0.2, 0.25) is 10.0 Å². The predicted molar refractivity (Wildman–Crippen MR) is 121 cm³/mol. The molecule has 2 aromatic carbocycles. The molecule has 0 radical (unpaired) electrons. The summed E-state index contributed by atoms with van der Waals surface area (Å²) in [6, 6.07) is 14.8. The molecule has 8 heteroatoms. The maximum absolute atomic E-state index is 11.8. The molecule has 0 spiro atoms. The Morgan fingerprint density at radius 3 is 2.20 bits per heavy atom. The molecule has 7 nitrogen and oxygen atoms in total. The molecule has 0 bridgehead atoms. The van der Waals surface area contributed by atoms with Gasteiger partial charge in [0.25, 0.3) is 0 Å². The maximum Gasteiger partial charge on any atom is 0.240 e. The number of guanidine groups is 1. The van der Waals surface area contributed by atoms with Crippen molar-refractivity contribution >= 4 is 16.0 Å². The van der Waals surface area contributed by atoms with E-state index in [0.29, 0.717) is 25.0 Å². The van der Waals surface area contributed by atoms with Gasteiger partial charge in [0.1, 0.15) is 5.75 Å². The van der Waals surface area contributed by atoms with Gasteiger partial charge in [0.05, 0.1) is 17.5 Å². The van der Waals surface area contributed by atoms with E-state index in [1.807, 2.05) is 24.3 Å². The Labute approximate surface area is 180 Å². The van der Waals surface area contributed by atoms with Crippen LogP contribution in [0.5, 0.6) is 5.75 Å². The van der Waals surface area contributed by atoms with Crippen LogP contribution in [0, 0.1) is 5.92 Å². The number of hydrogen-bond donors (Lipinski definition) is 3. The van der Waals surface area contributed by atoms with Gasteiger partial charge in [-0.3, -0.25) is 4.99 Å². The van der Waals surface area contributed by atoms with Gasteiger partial charge in [0, 0.05) is 13.6 Å². The van der Waals surface area contributed by atoms with E-state index >= 15 is 0 Å². The van der Waals surface area contributed by atoms with Crippen LogP contribution < -0.4 is 20.1 Å². The average molecular weight is 433 g/mol. The molecule has 2 aromatic rings. The number of rotatable bonds is 9. The van der Waals surface area contributed by atoms with Gasteiger partial charge in [-0.2, -0.15) is 0 Å². The highest BCUT2D eigenvalue weighted by Gasteiger charge is 2.11. The molecule has 0 amide bonds. The van der Waals surface area contributed by atoms with Crippen molar-refractivity contribution in [3.05, 3.63) is 59.7 Å². The second-order valence-corrected chi connectivity index (χ2v) is 9.30. The van der Waals surface area contributed by atoms with E-state index in [0.717, 1.165) is 16.9 Å². The molecular weight excluding hydrogens is 400 g/mol. The fourth-order valence-corrected chi connectivity index (χ4v) is 3.42. The molecule has 0 heterocycles. The van der Waals surface area contributed by atoms with E-state index in [1.165, 1.54) is 7.05 Å². The van der Waals surface area contributed by atoms with Crippen LogP contribution in [0.3, 0.4) is 0 Å². The van der Waals surface area contributed by atoms with Crippen LogP contribution in [0.15, 0.2) is 58.4 Å². The Morgan fingerprint density at radius 2 is 1.67 bits per heavy atom. The summed E-state index contributed by atoms with van der Waals surface area (Å²) in [4.78, 5) is 4.51. The number of benzene rings is 2. The van der Waals surface area contributed by atoms with Crippen LogP contribution in [-0.4, -0.2) is 35.1 Å². The molecule has 0 saturated carbocycles. The molecule has 0 aliphatic heterocycles. The lowest BCUT2D eigenvalue weighted by Gasteiger charge is -2.19. The quantitative estimate of drug-likeness (QED) is 0.418. The lowest BCUT2D eigenvalue weighted by molar-refractivity contribution is 0.271. The molecule has 30 heavy (non-hydrogen) atoms. The Hall–Kier alpha value is -2.58. The molecule has 3 N–H and O–H groups in total. The van der Waals surface area contributed by atoms with Crippen molar-refractivity contribution in [3.8, 4) is 5.75 Å². The zero-order valence-corrected chi connectivity index (χ0v) is 19.1. The third-order valence-electron chi connectivity index (χ3n) is 4.50. The summed E-state index contributed by atoms with van der Waals surface area (Å²) in [7, 11) is -0.312. The van der Waals surface area contributed by atoms with Crippen molar-refractivity contribution in [1.82, 2.24) is 15.4 Å². The van der Waals surface area contributed by atoms with Gasteiger partial charge >= 0.3 is 0 Å². The molecule has 2 rings (SSSR count). The van der Waals surface area contributed by atoms with Crippen molar-refractivity contribution in [2.45, 2.75) is 38.3 Å². The molecule has 1 atom stereocenters. The summed E-state index contributed by atoms with van der Waals surface area (Å²) in [5, 5.41) is 6.61. The van der Waals surface area contributed by atoms with Gasteiger partial charge in [-0.1, -0.05) is 38.1 Å². The lowest BCUT2D eigenvalue weighted by atomic mass is 10.1. The van der Waals surface area contributed by atoms with Crippen molar-refractivity contribution < 1.29 is 13.2 Å². The van der Waals surface area contributed by atoms with Crippen LogP contribution in [0.25, 0.3) is 0 Å². The second-order valence-electron chi connectivity index (χ2n) is 7.42. The Balaban J connectivity index is 1.91. The zero-order chi connectivity index (χ0) is 22.1. The summed E-state index contributed by atoms with van der Waals surface area (Å²) in [5.41, 5.74) is 2.07. The monoisotopic (exact) mass is 432 g/mol. The molecule has 1 unspecified atom stereocenters. The van der Waals surface area contributed by atoms with Crippen molar-refractivity contribution in [1.29, 1.82) is 0 Å². The van der Waals surface area contributed by atoms with Gasteiger partial charge in [0.15, 0.2) is 5.96 Å². The normalized spacial score (nSPS) is 13.2. The molecule has 0 aliphatic carbocycles. The lowest BCUT2D eigenvalue weighted by Crippen LogP contribution is -2.38. The molecule has 164 valence electrons. The van der Waals surface area contributed by atoms with Gasteiger partial charge in [-0.15, -0.1) is 0 Å². The first-order valence-electron chi connectivity index (χ1n) is 9.97.